The largest absolute Gasteiger partial charge is 0.481 e. The molecular formula is C14H25NO4. The summed E-state index contributed by atoms with van der Waals surface area (Å²) in [6, 6.07) is 0. The Hall–Kier alpha value is -0.650. The molecule has 19 heavy (non-hydrogen) atoms. The van der Waals surface area contributed by atoms with Gasteiger partial charge in [0.05, 0.1) is 12.7 Å². The maximum Gasteiger partial charge on any atom is 0.303 e. The fourth-order valence-corrected chi connectivity index (χ4v) is 3.01. The summed E-state index contributed by atoms with van der Waals surface area (Å²) >= 11 is 0. The van der Waals surface area contributed by atoms with Crippen molar-refractivity contribution in [3.8, 4) is 0 Å². The van der Waals surface area contributed by atoms with Crippen molar-refractivity contribution in [2.24, 2.45) is 5.92 Å². The van der Waals surface area contributed by atoms with Crippen LogP contribution in [0.2, 0.25) is 0 Å². The third-order valence-electron chi connectivity index (χ3n) is 4.17. The molecule has 0 spiro atoms. The zero-order valence-corrected chi connectivity index (χ0v) is 11.9. The van der Waals surface area contributed by atoms with E-state index in [9.17, 15) is 4.79 Å². The van der Waals surface area contributed by atoms with Gasteiger partial charge in [-0.1, -0.05) is 0 Å². The highest BCUT2D eigenvalue weighted by molar-refractivity contribution is 5.66. The molecule has 2 fully saturated rings. The number of piperidine rings is 1. The fraction of sp³-hybridized carbons (Fsp3) is 0.929. The lowest BCUT2D eigenvalue weighted by Crippen LogP contribution is -2.36. The van der Waals surface area contributed by atoms with E-state index in [1.807, 2.05) is 6.92 Å². The number of nitrogens with zero attached hydrogens (tertiary/aromatic N) is 1. The standard InChI is InChI=1S/C14H25NO4/c1-14(9-11-5-7-15(2)8-6-11)18-10-12(19-14)3-4-13(16)17/h11-12H,3-10H2,1-2H3,(H,16,17). The Kier molecular flexibility index (Phi) is 4.81. The summed E-state index contributed by atoms with van der Waals surface area (Å²) in [4.78, 5) is 12.9. The highest BCUT2D eigenvalue weighted by Crippen LogP contribution is 2.34. The predicted molar refractivity (Wildman–Crippen MR) is 70.9 cm³/mol. The second kappa shape index (κ2) is 6.20. The quantitative estimate of drug-likeness (QED) is 0.825. The van der Waals surface area contributed by atoms with Gasteiger partial charge in [-0.25, -0.2) is 0 Å². The van der Waals surface area contributed by atoms with Crippen molar-refractivity contribution in [1.29, 1.82) is 0 Å². The number of likely N-dealkylation sites (tertiary alicyclic amines) is 1. The van der Waals surface area contributed by atoms with Crippen molar-refractivity contribution in [2.45, 2.75) is 50.9 Å². The molecule has 2 atom stereocenters. The smallest absolute Gasteiger partial charge is 0.303 e. The highest BCUT2D eigenvalue weighted by atomic mass is 16.7. The molecule has 0 bridgehead atoms. The SMILES string of the molecule is CN1CCC(CC2(C)OCC(CCC(=O)O)O2)CC1. The molecule has 2 rings (SSSR count). The van der Waals surface area contributed by atoms with E-state index in [1.165, 1.54) is 12.8 Å². The van der Waals surface area contributed by atoms with Gasteiger partial charge in [-0.05, 0) is 52.2 Å². The molecule has 0 radical (unpaired) electrons. The average Bonchev–Trinajstić information content (AvgIpc) is 2.72. The minimum absolute atomic E-state index is 0.0626. The number of carboxylic acids is 1. The Morgan fingerprint density at radius 2 is 2.11 bits per heavy atom. The number of hydrogen-bond donors (Lipinski definition) is 1. The maximum atomic E-state index is 10.6. The molecule has 0 aromatic carbocycles. The van der Waals surface area contributed by atoms with Crippen molar-refractivity contribution in [2.75, 3.05) is 26.7 Å². The lowest BCUT2D eigenvalue weighted by molar-refractivity contribution is -0.169. The van der Waals surface area contributed by atoms with Gasteiger partial charge in [0.25, 0.3) is 0 Å². The van der Waals surface area contributed by atoms with Gasteiger partial charge in [-0.15, -0.1) is 0 Å². The van der Waals surface area contributed by atoms with Crippen LogP contribution >= 0.6 is 0 Å². The minimum atomic E-state index is -0.771. The van der Waals surface area contributed by atoms with Gasteiger partial charge in [0.15, 0.2) is 5.79 Å². The molecule has 2 aliphatic heterocycles. The molecule has 0 aromatic heterocycles. The number of carboxylic acid groups (broad SMARTS) is 1. The summed E-state index contributed by atoms with van der Waals surface area (Å²) in [7, 11) is 2.16. The second-order valence-electron chi connectivity index (χ2n) is 6.07. The lowest BCUT2D eigenvalue weighted by Gasteiger charge is -2.33. The van der Waals surface area contributed by atoms with Crippen molar-refractivity contribution in [3.63, 3.8) is 0 Å². The number of rotatable bonds is 5. The van der Waals surface area contributed by atoms with E-state index in [2.05, 4.69) is 11.9 Å². The fourth-order valence-electron chi connectivity index (χ4n) is 3.01. The summed E-state index contributed by atoms with van der Waals surface area (Å²) in [5, 5.41) is 8.69. The first-order chi connectivity index (χ1) is 8.97. The van der Waals surface area contributed by atoms with Gasteiger partial charge in [0.2, 0.25) is 0 Å². The van der Waals surface area contributed by atoms with Gasteiger partial charge >= 0.3 is 5.97 Å². The molecular weight excluding hydrogens is 246 g/mol. The zero-order valence-electron chi connectivity index (χ0n) is 11.9. The molecule has 2 aliphatic rings. The molecule has 2 unspecified atom stereocenters. The summed E-state index contributed by atoms with van der Waals surface area (Å²) in [5.41, 5.74) is 0. The lowest BCUT2D eigenvalue weighted by atomic mass is 9.90. The molecule has 110 valence electrons. The summed E-state index contributed by atoms with van der Waals surface area (Å²) in [6.07, 6.45) is 3.94. The third kappa shape index (κ3) is 4.44. The molecule has 5 heteroatoms. The van der Waals surface area contributed by atoms with Crippen molar-refractivity contribution in [3.05, 3.63) is 0 Å². The van der Waals surface area contributed by atoms with Crippen LogP contribution in [0.3, 0.4) is 0 Å². The van der Waals surface area contributed by atoms with Crippen LogP contribution in [0, 0.1) is 5.92 Å². The Balaban J connectivity index is 1.75. The third-order valence-corrected chi connectivity index (χ3v) is 4.17. The van der Waals surface area contributed by atoms with E-state index in [-0.39, 0.29) is 12.5 Å². The molecule has 0 saturated carbocycles. The molecule has 1 N–H and O–H groups in total. The molecule has 2 saturated heterocycles. The van der Waals surface area contributed by atoms with Crippen LogP contribution in [-0.4, -0.2) is 54.6 Å². The van der Waals surface area contributed by atoms with E-state index in [4.69, 9.17) is 14.6 Å². The van der Waals surface area contributed by atoms with Crippen LogP contribution in [0.5, 0.6) is 0 Å². The van der Waals surface area contributed by atoms with E-state index < -0.39 is 11.8 Å². The first-order valence-corrected chi connectivity index (χ1v) is 7.19. The monoisotopic (exact) mass is 271 g/mol. The van der Waals surface area contributed by atoms with Gasteiger partial charge in [0, 0.05) is 12.8 Å². The molecule has 0 aliphatic carbocycles. The van der Waals surface area contributed by atoms with Gasteiger partial charge in [-0.2, -0.15) is 0 Å². The van der Waals surface area contributed by atoms with Crippen molar-refractivity contribution >= 4 is 5.97 Å². The number of carbonyl (C=O) groups is 1. The first kappa shape index (κ1) is 14.8. The normalized spacial score (nSPS) is 33.7. The second-order valence-corrected chi connectivity index (χ2v) is 6.07. The van der Waals surface area contributed by atoms with Crippen molar-refractivity contribution in [1.82, 2.24) is 4.90 Å². The van der Waals surface area contributed by atoms with E-state index in [0.717, 1.165) is 19.5 Å². The Bertz CT molecular complexity index is 315. The Morgan fingerprint density at radius 3 is 2.74 bits per heavy atom. The van der Waals surface area contributed by atoms with Gasteiger partial charge < -0.3 is 19.5 Å². The van der Waals surface area contributed by atoms with Crippen LogP contribution in [0.25, 0.3) is 0 Å². The van der Waals surface area contributed by atoms with E-state index >= 15 is 0 Å². The first-order valence-electron chi connectivity index (χ1n) is 7.19. The van der Waals surface area contributed by atoms with Crippen LogP contribution < -0.4 is 0 Å². The van der Waals surface area contributed by atoms with E-state index in [1.54, 1.807) is 0 Å². The maximum absolute atomic E-state index is 10.6. The Labute approximate surface area is 114 Å². The predicted octanol–water partition coefficient (Wildman–Crippen LogP) is 1.71. The van der Waals surface area contributed by atoms with Crippen molar-refractivity contribution < 1.29 is 19.4 Å². The molecule has 5 nitrogen and oxygen atoms in total. The van der Waals surface area contributed by atoms with E-state index in [0.29, 0.717) is 18.9 Å². The molecule has 0 amide bonds. The average molecular weight is 271 g/mol. The summed E-state index contributed by atoms with van der Waals surface area (Å²) in [5.74, 6) is -0.629. The topological polar surface area (TPSA) is 59.0 Å². The number of ether oxygens (including phenoxy) is 2. The Morgan fingerprint density at radius 1 is 1.42 bits per heavy atom. The van der Waals surface area contributed by atoms with Gasteiger partial charge in [-0.3, -0.25) is 4.79 Å². The number of aliphatic carboxylic acids is 1. The van der Waals surface area contributed by atoms with Crippen LogP contribution in [-0.2, 0) is 14.3 Å². The minimum Gasteiger partial charge on any atom is -0.481 e. The summed E-state index contributed by atoms with van der Waals surface area (Å²) in [6.45, 7) is 4.80. The molecule has 0 aromatic rings. The van der Waals surface area contributed by atoms with Crippen LogP contribution in [0.1, 0.15) is 39.0 Å². The van der Waals surface area contributed by atoms with Crippen LogP contribution in [0.15, 0.2) is 0 Å². The van der Waals surface area contributed by atoms with Gasteiger partial charge in [0.1, 0.15) is 0 Å². The van der Waals surface area contributed by atoms with Crippen LogP contribution in [0.4, 0.5) is 0 Å². The zero-order chi connectivity index (χ0) is 13.9. The molecule has 2 heterocycles. The number of hydrogen-bond acceptors (Lipinski definition) is 4. The highest BCUT2D eigenvalue weighted by Gasteiger charge is 2.39. The summed E-state index contributed by atoms with van der Waals surface area (Å²) < 4.78 is 11.7.